The SMILES string of the molecule is COC(=O)N[C@H](C(=O)N[C@@H](Cc1ccc(C#Cc2ccc(N3CC4CCC(C3)N4C3COC3)nc2)cc1)[C@@H](O)CN(Cc1ccc(-c2cnn(C(F)F)c2)cc1F)NC(=O)[C@@H](NC(=O)O)C(C)(C)CF)C(C)(C)CF. The number of rotatable bonds is 21. The Morgan fingerprint density at radius 1 is 0.853 bits per heavy atom. The van der Waals surface area contributed by atoms with Crippen LogP contribution in [0.5, 0.6) is 0 Å². The maximum atomic E-state index is 16.0. The van der Waals surface area contributed by atoms with E-state index in [1.165, 1.54) is 39.8 Å². The number of carbonyl (C=O) groups excluding carboxylic acids is 3. The number of fused-ring (bicyclic) bond motifs is 2. The van der Waals surface area contributed by atoms with Crippen molar-refractivity contribution in [2.24, 2.45) is 10.8 Å². The van der Waals surface area contributed by atoms with Crippen LogP contribution in [0.15, 0.2) is 73.2 Å². The van der Waals surface area contributed by atoms with Crippen molar-refractivity contribution in [1.29, 1.82) is 0 Å². The Bertz CT molecular complexity index is 2680. The number of carbonyl (C=O) groups is 4. The van der Waals surface area contributed by atoms with E-state index in [9.17, 15) is 47.0 Å². The van der Waals surface area contributed by atoms with E-state index in [-0.39, 0.29) is 23.1 Å². The molecule has 2 bridgehead atoms. The van der Waals surface area contributed by atoms with Crippen LogP contribution in [0.1, 0.15) is 69.3 Å². The van der Waals surface area contributed by atoms with E-state index in [0.717, 1.165) is 75.5 Å². The van der Waals surface area contributed by atoms with E-state index < -0.39 is 97.9 Å². The van der Waals surface area contributed by atoms with E-state index >= 15 is 4.39 Å². The number of hydrogen-bond donors (Lipinski definition) is 6. The van der Waals surface area contributed by atoms with Crippen LogP contribution in [0.25, 0.3) is 11.1 Å². The number of benzene rings is 2. The second-order valence-electron chi connectivity index (χ2n) is 20.5. The minimum absolute atomic E-state index is 0.100. The summed E-state index contributed by atoms with van der Waals surface area (Å²) in [6.45, 7) is 2.47. The van der Waals surface area contributed by atoms with Gasteiger partial charge in [-0.1, -0.05) is 63.8 Å². The van der Waals surface area contributed by atoms with Crippen LogP contribution in [0.4, 0.5) is 37.4 Å². The summed E-state index contributed by atoms with van der Waals surface area (Å²) >= 11 is 0. The van der Waals surface area contributed by atoms with Crippen LogP contribution in [-0.2, 0) is 32.0 Å². The Labute approximate surface area is 431 Å². The highest BCUT2D eigenvalue weighted by Gasteiger charge is 2.46. The zero-order valence-corrected chi connectivity index (χ0v) is 42.2. The van der Waals surface area contributed by atoms with E-state index in [0.29, 0.717) is 39.5 Å². The molecule has 5 heterocycles. The van der Waals surface area contributed by atoms with Crippen LogP contribution in [0.2, 0.25) is 0 Å². The van der Waals surface area contributed by atoms with Crippen molar-refractivity contribution in [2.75, 3.05) is 58.2 Å². The first-order valence-electron chi connectivity index (χ1n) is 24.5. The fourth-order valence-electron chi connectivity index (χ4n) is 9.50. The van der Waals surface area contributed by atoms with Crippen LogP contribution >= 0.6 is 0 Å². The number of aromatic nitrogens is 3. The standard InChI is InChI=1S/C52H63F5N10O8/c1-51(2,29-53)44(62-50(73)74-5)46(69)60-41(18-32-9-6-31(7-10-32)8-11-33-12-17-43(58-20-33)64-24-37-15-16-38(25-64)67(37)39-27-75-28-39)42(68)26-65(63-47(70)45(61-49(71)72)52(3,4)30-54)22-35-14-13-34(19-40(35)55)36-21-59-66(23-36)48(56)57/h6-7,9-10,12-14,17,19-21,23,37-39,41-42,44-45,48,61,68H,15-16,18,22,24-30H2,1-5H3,(H,60,69)(H,62,73)(H,63,70)(H,71,72)/t37?,38?,41-,42-,44+,45+/m0/s1. The minimum Gasteiger partial charge on any atom is -0.465 e. The Morgan fingerprint density at radius 2 is 1.49 bits per heavy atom. The van der Waals surface area contributed by atoms with Crippen molar-refractivity contribution in [3.63, 3.8) is 0 Å². The molecule has 0 spiro atoms. The number of nitrogens with one attached hydrogen (secondary N) is 4. The molecule has 6 atom stereocenters. The molecule has 404 valence electrons. The molecule has 4 amide bonds. The monoisotopic (exact) mass is 1050 g/mol. The average Bonchev–Trinajstić information content (AvgIpc) is 3.96. The molecule has 3 fully saturated rings. The number of aliphatic hydroxyl groups excluding tert-OH is 1. The molecule has 23 heteroatoms. The van der Waals surface area contributed by atoms with Gasteiger partial charge in [-0.05, 0) is 60.7 Å². The first-order valence-corrected chi connectivity index (χ1v) is 24.5. The summed E-state index contributed by atoms with van der Waals surface area (Å²) in [4.78, 5) is 62.0. The van der Waals surface area contributed by atoms with Gasteiger partial charge in [0.05, 0.1) is 58.1 Å². The minimum atomic E-state index is -2.95. The molecule has 3 saturated heterocycles. The summed E-state index contributed by atoms with van der Waals surface area (Å²) in [5.74, 6) is 4.29. The van der Waals surface area contributed by atoms with Gasteiger partial charge in [-0.2, -0.15) is 13.9 Å². The lowest BCUT2D eigenvalue weighted by Gasteiger charge is -2.47. The first kappa shape index (κ1) is 55.9. The lowest BCUT2D eigenvalue weighted by atomic mass is 9.84. The van der Waals surface area contributed by atoms with Crippen molar-refractivity contribution < 1.29 is 60.8 Å². The first-order chi connectivity index (χ1) is 35.7. The number of alkyl carbamates (subject to hydrolysis) is 1. The highest BCUT2D eigenvalue weighted by molar-refractivity contribution is 5.87. The topological polar surface area (TPSA) is 216 Å². The number of piperazine rings is 1. The number of aliphatic hydroxyl groups is 1. The van der Waals surface area contributed by atoms with Crippen molar-refractivity contribution in [2.45, 2.75) is 102 Å². The molecule has 2 unspecified atom stereocenters. The van der Waals surface area contributed by atoms with E-state index in [1.807, 2.05) is 17.4 Å². The van der Waals surface area contributed by atoms with Gasteiger partial charge in [0.15, 0.2) is 0 Å². The van der Waals surface area contributed by atoms with Crippen molar-refractivity contribution in [3.8, 4) is 23.0 Å². The lowest BCUT2D eigenvalue weighted by Crippen LogP contribution is -2.62. The summed E-state index contributed by atoms with van der Waals surface area (Å²) in [6, 6.07) is 11.4. The van der Waals surface area contributed by atoms with Crippen molar-refractivity contribution in [1.82, 2.24) is 46.0 Å². The average molecular weight is 1050 g/mol. The van der Waals surface area contributed by atoms with E-state index in [4.69, 9.17) is 14.5 Å². The normalized spacial score (nSPS) is 18.5. The molecule has 3 aliphatic rings. The zero-order chi connectivity index (χ0) is 54.2. The van der Waals surface area contributed by atoms with Gasteiger partial charge in [-0.3, -0.25) is 28.7 Å². The van der Waals surface area contributed by atoms with E-state index in [1.54, 1.807) is 30.5 Å². The van der Waals surface area contributed by atoms with Gasteiger partial charge in [-0.25, -0.2) is 28.7 Å². The number of ether oxygens (including phenoxy) is 2. The molecule has 3 aliphatic heterocycles. The number of carboxylic acid groups (broad SMARTS) is 1. The number of anilines is 1. The predicted molar refractivity (Wildman–Crippen MR) is 265 cm³/mol. The Balaban J connectivity index is 1.13. The molecule has 4 aromatic rings. The van der Waals surface area contributed by atoms with Gasteiger partial charge in [0.1, 0.15) is 23.7 Å². The number of nitrogens with zero attached hydrogens (tertiary/aromatic N) is 6. The second kappa shape index (κ2) is 24.2. The molecule has 6 N–H and O–H groups in total. The van der Waals surface area contributed by atoms with Crippen molar-refractivity contribution in [3.05, 3.63) is 101 Å². The largest absolute Gasteiger partial charge is 0.465 e. The molecular formula is C52H63F5N10O8. The third kappa shape index (κ3) is 13.9. The number of alkyl halides is 4. The Morgan fingerprint density at radius 3 is 2.04 bits per heavy atom. The molecule has 18 nitrogen and oxygen atoms in total. The number of methoxy groups -OCH3 is 1. The maximum absolute atomic E-state index is 16.0. The third-order valence-corrected chi connectivity index (χ3v) is 13.9. The predicted octanol–water partition coefficient (Wildman–Crippen LogP) is 5.20. The number of hydrogen-bond acceptors (Lipinski definition) is 12. The number of hydrazine groups is 1. The second-order valence-corrected chi connectivity index (χ2v) is 20.5. The summed E-state index contributed by atoms with van der Waals surface area (Å²) < 4.78 is 81.8. The smallest absolute Gasteiger partial charge is 0.407 e. The number of pyridine rings is 1. The van der Waals surface area contributed by atoms with E-state index in [2.05, 4.69) is 42.8 Å². The van der Waals surface area contributed by atoms with Crippen LogP contribution in [-0.4, -0.2) is 155 Å². The van der Waals surface area contributed by atoms with Gasteiger partial charge in [0.25, 0.3) is 5.91 Å². The Hall–Kier alpha value is -6.87. The quantitative estimate of drug-likeness (QED) is 0.0360. The molecule has 0 saturated carbocycles. The highest BCUT2D eigenvalue weighted by atomic mass is 19.3. The maximum Gasteiger partial charge on any atom is 0.407 e. The molecule has 7 rings (SSSR count). The zero-order valence-electron chi connectivity index (χ0n) is 42.2. The number of amides is 4. The van der Waals surface area contributed by atoms with Crippen LogP contribution in [0, 0.1) is 28.5 Å². The summed E-state index contributed by atoms with van der Waals surface area (Å²) in [5.41, 5.74) is 1.49. The van der Waals surface area contributed by atoms with Gasteiger partial charge < -0.3 is 40.5 Å². The third-order valence-electron chi connectivity index (χ3n) is 13.9. The summed E-state index contributed by atoms with van der Waals surface area (Å²) in [6.07, 6.45) is 1.71. The fraction of sp³-hybridized carbons (Fsp3) is 0.500. The van der Waals surface area contributed by atoms with Crippen LogP contribution in [0.3, 0.4) is 0 Å². The number of halogens is 5. The molecule has 75 heavy (non-hydrogen) atoms. The van der Waals surface area contributed by atoms with Crippen LogP contribution < -0.4 is 26.3 Å². The van der Waals surface area contributed by atoms with Gasteiger partial charge in [0, 0.05) is 83.7 Å². The van der Waals surface area contributed by atoms with Gasteiger partial charge >= 0.3 is 18.7 Å². The molecule has 0 aliphatic carbocycles. The summed E-state index contributed by atoms with van der Waals surface area (Å²) in [5, 5.41) is 33.4. The molecule has 2 aromatic carbocycles. The Kier molecular flexibility index (Phi) is 18.0. The fourth-order valence-corrected chi connectivity index (χ4v) is 9.50. The lowest BCUT2D eigenvalue weighted by molar-refractivity contribution is -0.133. The molecule has 0 radical (unpaired) electrons. The van der Waals surface area contributed by atoms with Crippen molar-refractivity contribution >= 4 is 29.8 Å². The molecular weight excluding hydrogens is 988 g/mol. The van der Waals surface area contributed by atoms with Gasteiger partial charge in [0.2, 0.25) is 5.91 Å². The molecule has 2 aromatic heterocycles. The highest BCUT2D eigenvalue weighted by Crippen LogP contribution is 2.35. The summed E-state index contributed by atoms with van der Waals surface area (Å²) in [7, 11) is 1.06. The van der Waals surface area contributed by atoms with Gasteiger partial charge in [-0.15, -0.1) is 0 Å².